The van der Waals surface area contributed by atoms with Crippen molar-refractivity contribution in [1.29, 1.82) is 0 Å². The lowest BCUT2D eigenvalue weighted by atomic mass is 10.1. The van der Waals surface area contributed by atoms with Crippen LogP contribution in [-0.2, 0) is 14.1 Å². The molecule has 0 aliphatic rings. The number of methoxy groups -OCH3 is 1. The molecule has 0 aromatic rings. The number of aliphatic hydroxyl groups excluding tert-OH is 1. The highest BCUT2D eigenvalue weighted by atomic mass is 28.3. The zero-order valence-electron chi connectivity index (χ0n) is 11.0. The first kappa shape index (κ1) is 15.6. The molecule has 96 valence electrons. The number of hydrogen-bond donors (Lipinski definition) is 1. The third-order valence-electron chi connectivity index (χ3n) is 1.91. The Morgan fingerprint density at radius 3 is 2.19 bits per heavy atom. The van der Waals surface area contributed by atoms with Gasteiger partial charge in [0.1, 0.15) is 0 Å². The van der Waals surface area contributed by atoms with Crippen molar-refractivity contribution in [3.63, 3.8) is 0 Å². The first-order valence-electron chi connectivity index (χ1n) is 5.38. The lowest BCUT2D eigenvalue weighted by Gasteiger charge is -2.39. The molecule has 0 saturated heterocycles. The maximum Gasteiger partial charge on any atom is 0.327 e. The molecule has 0 aromatic carbocycles. The van der Waals surface area contributed by atoms with Crippen molar-refractivity contribution in [1.82, 2.24) is 5.06 Å². The summed E-state index contributed by atoms with van der Waals surface area (Å²) < 4.78 is 10.4. The van der Waals surface area contributed by atoms with Gasteiger partial charge in [-0.1, -0.05) is 0 Å². The minimum absolute atomic E-state index is 0.314. The fraction of sp³-hybridized carbons (Fsp3) is 0.900. The molecular weight excluding hydrogens is 226 g/mol. The Labute approximate surface area is 99.0 Å². The highest BCUT2D eigenvalue weighted by Gasteiger charge is 2.35. The van der Waals surface area contributed by atoms with E-state index in [2.05, 4.69) is 4.74 Å². The Bertz CT molecular complexity index is 227. The van der Waals surface area contributed by atoms with Gasteiger partial charge >= 0.3 is 5.97 Å². The maximum atomic E-state index is 11.5. The summed E-state index contributed by atoms with van der Waals surface area (Å²) in [6.45, 7) is 9.47. The zero-order chi connectivity index (χ0) is 12.9. The number of rotatable bonds is 5. The highest BCUT2D eigenvalue weighted by Crippen LogP contribution is 2.19. The average Bonchev–Trinajstić information content (AvgIpc) is 2.15. The fourth-order valence-corrected chi connectivity index (χ4v) is 2.22. The van der Waals surface area contributed by atoms with Gasteiger partial charge in [0.05, 0.1) is 13.7 Å². The molecule has 6 heteroatoms. The summed E-state index contributed by atoms with van der Waals surface area (Å²) in [4.78, 5) is 11.5. The largest absolute Gasteiger partial charge is 0.468 e. The highest BCUT2D eigenvalue weighted by molar-refractivity contribution is 6.48. The van der Waals surface area contributed by atoms with E-state index in [1.165, 1.54) is 7.11 Å². The Kier molecular flexibility index (Phi) is 6.17. The van der Waals surface area contributed by atoms with Gasteiger partial charge in [0.2, 0.25) is 0 Å². The number of hydrogen-bond acceptors (Lipinski definition) is 5. The molecule has 0 radical (unpaired) electrons. The van der Waals surface area contributed by atoms with Crippen LogP contribution in [0.5, 0.6) is 0 Å². The van der Waals surface area contributed by atoms with E-state index in [1.807, 2.05) is 33.9 Å². The number of carbonyl (C=O) groups excluding carboxylic acids is 1. The van der Waals surface area contributed by atoms with Crippen LogP contribution in [0, 0.1) is 0 Å². The summed E-state index contributed by atoms with van der Waals surface area (Å²) in [6.07, 6.45) is 0. The van der Waals surface area contributed by atoms with Gasteiger partial charge in [0.25, 0.3) is 0 Å². The van der Waals surface area contributed by atoms with Crippen LogP contribution in [0.25, 0.3) is 0 Å². The van der Waals surface area contributed by atoms with Gasteiger partial charge < -0.3 is 14.4 Å². The van der Waals surface area contributed by atoms with Crippen molar-refractivity contribution in [2.45, 2.75) is 45.4 Å². The molecule has 0 saturated carbocycles. The molecule has 1 N–H and O–H groups in total. The lowest BCUT2D eigenvalue weighted by Crippen LogP contribution is -2.54. The van der Waals surface area contributed by atoms with Crippen LogP contribution in [0.2, 0.25) is 13.1 Å². The molecule has 0 amide bonds. The van der Waals surface area contributed by atoms with E-state index in [0.29, 0.717) is 0 Å². The molecule has 0 aliphatic heterocycles. The molecule has 0 aliphatic carbocycles. The van der Waals surface area contributed by atoms with Gasteiger partial charge in [-0.2, -0.15) is 5.06 Å². The van der Waals surface area contributed by atoms with Crippen molar-refractivity contribution in [3.05, 3.63) is 0 Å². The number of aliphatic hydroxyl groups is 1. The van der Waals surface area contributed by atoms with Crippen molar-refractivity contribution < 1.29 is 19.2 Å². The predicted molar refractivity (Wildman–Crippen MR) is 64.4 cm³/mol. The fourth-order valence-electron chi connectivity index (χ4n) is 1.31. The molecule has 16 heavy (non-hydrogen) atoms. The van der Waals surface area contributed by atoms with E-state index in [9.17, 15) is 9.90 Å². The third kappa shape index (κ3) is 4.61. The molecule has 0 aromatic heterocycles. The second-order valence-electron chi connectivity index (χ2n) is 4.87. The Morgan fingerprint density at radius 1 is 1.44 bits per heavy atom. The summed E-state index contributed by atoms with van der Waals surface area (Å²) in [5.74, 6) is -0.480. The van der Waals surface area contributed by atoms with Gasteiger partial charge in [-0.3, -0.25) is 4.79 Å². The lowest BCUT2D eigenvalue weighted by molar-refractivity contribution is -0.193. The van der Waals surface area contributed by atoms with Gasteiger partial charge in [-0.25, -0.2) is 0 Å². The van der Waals surface area contributed by atoms with Crippen LogP contribution in [0.15, 0.2) is 0 Å². The van der Waals surface area contributed by atoms with E-state index in [0.717, 1.165) is 0 Å². The molecule has 0 bridgehead atoms. The van der Waals surface area contributed by atoms with Gasteiger partial charge in [-0.05, 0) is 33.9 Å². The van der Waals surface area contributed by atoms with Crippen LogP contribution in [0.4, 0.5) is 0 Å². The van der Waals surface area contributed by atoms with E-state index < -0.39 is 21.1 Å². The van der Waals surface area contributed by atoms with Gasteiger partial charge in [-0.15, -0.1) is 0 Å². The normalized spacial score (nSPS) is 14.3. The summed E-state index contributed by atoms with van der Waals surface area (Å²) >= 11 is 0. The molecule has 0 rings (SSSR count). The number of hydroxylamine groups is 2. The molecule has 0 fully saturated rings. The molecule has 1 atom stereocenters. The number of carbonyl (C=O) groups is 1. The van der Waals surface area contributed by atoms with Gasteiger partial charge in [0, 0.05) is 5.54 Å². The topological polar surface area (TPSA) is 59.0 Å². The van der Waals surface area contributed by atoms with E-state index in [1.54, 1.807) is 5.06 Å². The average molecular weight is 249 g/mol. The van der Waals surface area contributed by atoms with Crippen LogP contribution in [-0.4, -0.2) is 50.5 Å². The van der Waals surface area contributed by atoms with Crippen molar-refractivity contribution >= 4 is 15.0 Å². The van der Waals surface area contributed by atoms with Crippen LogP contribution >= 0.6 is 0 Å². The summed E-state index contributed by atoms with van der Waals surface area (Å²) in [7, 11) is -0.0393. The predicted octanol–water partition coefficient (Wildman–Crippen LogP) is 0.536. The third-order valence-corrected chi connectivity index (χ3v) is 2.56. The molecule has 5 nitrogen and oxygen atoms in total. The summed E-state index contributed by atoms with van der Waals surface area (Å²) in [5.41, 5.74) is -0.362. The van der Waals surface area contributed by atoms with E-state index >= 15 is 0 Å². The van der Waals surface area contributed by atoms with Gasteiger partial charge in [0.15, 0.2) is 15.1 Å². The van der Waals surface area contributed by atoms with Crippen molar-refractivity contribution in [3.8, 4) is 0 Å². The van der Waals surface area contributed by atoms with Crippen LogP contribution in [0.3, 0.4) is 0 Å². The minimum atomic E-state index is -1.34. The Hall–Kier alpha value is -0.433. The van der Waals surface area contributed by atoms with Crippen LogP contribution in [0.1, 0.15) is 20.8 Å². The molecule has 0 heterocycles. The first-order chi connectivity index (χ1) is 7.23. The van der Waals surface area contributed by atoms with Crippen molar-refractivity contribution in [2.24, 2.45) is 0 Å². The molecular formula is C10H23NO4Si. The van der Waals surface area contributed by atoms with E-state index in [4.69, 9.17) is 4.53 Å². The smallest absolute Gasteiger partial charge is 0.327 e. The first-order valence-corrected chi connectivity index (χ1v) is 8.17. The number of esters is 1. The SMILES string of the molecule is COC(=O)C(CO)N(O[SiH](C)C)C(C)(C)C. The Morgan fingerprint density at radius 2 is 1.94 bits per heavy atom. The molecule has 0 spiro atoms. The minimum Gasteiger partial charge on any atom is -0.468 e. The Balaban J connectivity index is 4.91. The zero-order valence-corrected chi connectivity index (χ0v) is 12.1. The summed E-state index contributed by atoms with van der Waals surface area (Å²) in [5, 5.41) is 10.8. The summed E-state index contributed by atoms with van der Waals surface area (Å²) in [6, 6.07) is -0.764. The second kappa shape index (κ2) is 6.34. The monoisotopic (exact) mass is 249 g/mol. The standard InChI is InChI=1S/C10H23NO4Si/c1-10(2,3)11(15-16(5)6)8(7-12)9(13)14-4/h8,12,16H,7H2,1-6H3. The van der Waals surface area contributed by atoms with Crippen LogP contribution < -0.4 is 0 Å². The number of nitrogens with zero attached hydrogens (tertiary/aromatic N) is 1. The maximum absolute atomic E-state index is 11.5. The van der Waals surface area contributed by atoms with E-state index in [-0.39, 0.29) is 12.1 Å². The molecule has 1 unspecified atom stereocenters. The second-order valence-corrected chi connectivity index (χ2v) is 7.18. The number of ether oxygens (including phenoxy) is 1. The van der Waals surface area contributed by atoms with Crippen molar-refractivity contribution in [2.75, 3.05) is 13.7 Å². The quantitative estimate of drug-likeness (QED) is 0.438.